The third-order valence-corrected chi connectivity index (χ3v) is 12.5. The van der Waals surface area contributed by atoms with E-state index in [4.69, 9.17) is 9.47 Å². The fourth-order valence-corrected chi connectivity index (χ4v) is 8.62. The van der Waals surface area contributed by atoms with Crippen molar-refractivity contribution in [1.29, 1.82) is 0 Å². The maximum atomic E-state index is 13.2. The second-order valence-corrected chi connectivity index (χ2v) is 20.6. The van der Waals surface area contributed by atoms with E-state index in [-0.39, 0.29) is 24.3 Å². The Labute approximate surface area is 423 Å². The van der Waals surface area contributed by atoms with Crippen molar-refractivity contribution in [2.24, 2.45) is 5.41 Å². The zero-order chi connectivity index (χ0) is 48.3. The van der Waals surface area contributed by atoms with E-state index in [1.807, 2.05) is 0 Å². The van der Waals surface area contributed by atoms with Crippen LogP contribution in [0.2, 0.25) is 0 Å². The SMILES string of the molecule is CCCCCC=CCC=CCCCCCCCCC(COC(=O)CCCCCCC/C=C\C/C=C\CCCCC)(COC(=O)CCCCCCC/C=C\C/C=C\CCCCC)C[N+](C)(C)C.[Cl-]. The number of ether oxygens (including phenoxy) is 2. The summed E-state index contributed by atoms with van der Waals surface area (Å²) in [5.41, 5.74) is -0.393. The van der Waals surface area contributed by atoms with E-state index in [9.17, 15) is 9.59 Å². The zero-order valence-electron chi connectivity index (χ0n) is 45.2. The van der Waals surface area contributed by atoms with Crippen LogP contribution in [0.4, 0.5) is 0 Å². The molecular weight excluding hydrogens is 846 g/mol. The van der Waals surface area contributed by atoms with Crippen molar-refractivity contribution in [2.75, 3.05) is 40.9 Å². The fourth-order valence-electron chi connectivity index (χ4n) is 8.62. The number of hydrogen-bond acceptors (Lipinski definition) is 4. The molecule has 0 rings (SSSR count). The number of hydrogen-bond donors (Lipinski definition) is 0. The van der Waals surface area contributed by atoms with E-state index in [1.165, 1.54) is 128 Å². The van der Waals surface area contributed by atoms with Gasteiger partial charge in [-0.05, 0) is 116 Å². The average Bonchev–Trinajstić information content (AvgIpc) is 3.29. The summed E-state index contributed by atoms with van der Waals surface area (Å²) in [4.78, 5) is 26.3. The summed E-state index contributed by atoms with van der Waals surface area (Å²) in [5, 5.41) is 0. The molecule has 67 heavy (non-hydrogen) atoms. The van der Waals surface area contributed by atoms with Gasteiger partial charge in [0.05, 0.1) is 33.1 Å². The van der Waals surface area contributed by atoms with Crippen LogP contribution < -0.4 is 12.4 Å². The highest BCUT2D eigenvalue weighted by Gasteiger charge is 2.39. The first-order chi connectivity index (χ1) is 32.2. The monoisotopic (exact) mass is 956 g/mol. The Bertz CT molecular complexity index is 1200. The molecule has 0 aromatic carbocycles. The van der Waals surface area contributed by atoms with Crippen LogP contribution in [-0.4, -0.2) is 57.3 Å². The minimum absolute atomic E-state index is 0. The van der Waals surface area contributed by atoms with Crippen molar-refractivity contribution in [2.45, 2.75) is 258 Å². The first-order valence-corrected chi connectivity index (χ1v) is 28.2. The summed E-state index contributed by atoms with van der Waals surface area (Å²) >= 11 is 0. The van der Waals surface area contributed by atoms with Crippen molar-refractivity contribution < 1.29 is 36.0 Å². The largest absolute Gasteiger partial charge is 1.00 e. The third kappa shape index (κ3) is 51.3. The predicted molar refractivity (Wildman–Crippen MR) is 290 cm³/mol. The number of allylic oxidation sites excluding steroid dienone is 12. The van der Waals surface area contributed by atoms with Crippen LogP contribution in [0.25, 0.3) is 0 Å². The Hall–Kier alpha value is -2.37. The number of esters is 2. The molecule has 0 unspecified atom stereocenters. The smallest absolute Gasteiger partial charge is 0.305 e. The van der Waals surface area contributed by atoms with Gasteiger partial charge in [-0.3, -0.25) is 9.59 Å². The van der Waals surface area contributed by atoms with Gasteiger partial charge in [0.2, 0.25) is 0 Å². The summed E-state index contributed by atoms with van der Waals surface area (Å²) in [6.07, 6.45) is 69.7. The molecule has 0 saturated heterocycles. The molecule has 0 bridgehead atoms. The van der Waals surface area contributed by atoms with Crippen molar-refractivity contribution in [3.05, 3.63) is 72.9 Å². The quantitative estimate of drug-likeness (QED) is 0.0264. The van der Waals surface area contributed by atoms with Gasteiger partial charge in [-0.1, -0.05) is 203 Å². The van der Waals surface area contributed by atoms with E-state index in [0.717, 1.165) is 107 Å². The average molecular weight is 957 g/mol. The standard InChI is InChI=1S/C61H110NO4.ClH/c1-7-10-13-16-19-22-25-28-31-34-37-40-43-46-49-52-55-61(56-62(4,5)6,57-65-59(63)53-50-47-44-41-38-35-32-29-26-23-20-17-14-11-8-2)58-66-60(64)54-51-48-45-42-39-36-33-30-27-24-21-18-15-12-9-3;/h19-24,28-33H,7-18,25-27,34-58H2,1-6H3;1H/q+1;/p-1/b22-19?,23-20-,24-21-,31-28?,32-29-,33-30-;. The molecular formula is C61H110ClNO4. The molecule has 0 aromatic rings. The molecule has 0 atom stereocenters. The highest BCUT2D eigenvalue weighted by Crippen LogP contribution is 2.30. The zero-order valence-corrected chi connectivity index (χ0v) is 45.9. The molecule has 0 radical (unpaired) electrons. The molecule has 0 heterocycles. The molecule has 0 aliphatic rings. The summed E-state index contributed by atoms with van der Waals surface area (Å²) in [7, 11) is 6.59. The first-order valence-electron chi connectivity index (χ1n) is 28.2. The van der Waals surface area contributed by atoms with Gasteiger partial charge in [0.25, 0.3) is 0 Å². The molecule has 0 aromatic heterocycles. The number of rotatable bonds is 49. The summed E-state index contributed by atoms with van der Waals surface area (Å²) in [6, 6.07) is 0. The van der Waals surface area contributed by atoms with Crippen molar-refractivity contribution in [1.82, 2.24) is 0 Å². The number of halogens is 1. The second kappa shape index (κ2) is 51.5. The topological polar surface area (TPSA) is 52.6 Å². The highest BCUT2D eigenvalue weighted by atomic mass is 35.5. The van der Waals surface area contributed by atoms with Gasteiger partial charge in [-0.25, -0.2) is 0 Å². The second-order valence-electron chi connectivity index (χ2n) is 20.6. The molecule has 6 heteroatoms. The Kier molecular flexibility index (Phi) is 51.3. The van der Waals surface area contributed by atoms with Gasteiger partial charge in [0.15, 0.2) is 0 Å². The maximum absolute atomic E-state index is 13.2. The fraction of sp³-hybridized carbons (Fsp3) is 0.770. The Morgan fingerprint density at radius 3 is 0.940 bits per heavy atom. The van der Waals surface area contributed by atoms with Crippen LogP contribution in [0.5, 0.6) is 0 Å². The molecule has 0 aliphatic heterocycles. The third-order valence-electron chi connectivity index (χ3n) is 12.5. The van der Waals surface area contributed by atoms with Crippen LogP contribution in [0.3, 0.4) is 0 Å². The lowest BCUT2D eigenvalue weighted by Gasteiger charge is -2.38. The molecule has 0 aliphatic carbocycles. The molecule has 0 spiro atoms. The summed E-state index contributed by atoms with van der Waals surface area (Å²) in [6.45, 7) is 8.19. The van der Waals surface area contributed by atoms with E-state index >= 15 is 0 Å². The van der Waals surface area contributed by atoms with Crippen LogP contribution in [0, 0.1) is 5.41 Å². The van der Waals surface area contributed by atoms with E-state index in [1.54, 1.807) is 0 Å². The maximum Gasteiger partial charge on any atom is 0.305 e. The van der Waals surface area contributed by atoms with Gasteiger partial charge in [0, 0.05) is 12.8 Å². The van der Waals surface area contributed by atoms with E-state index < -0.39 is 5.41 Å². The molecule has 0 fully saturated rings. The lowest BCUT2D eigenvalue weighted by Crippen LogP contribution is -3.00. The van der Waals surface area contributed by atoms with E-state index in [2.05, 4.69) is 115 Å². The number of quaternary nitrogens is 1. The summed E-state index contributed by atoms with van der Waals surface area (Å²) < 4.78 is 12.9. The minimum Gasteiger partial charge on any atom is -1.00 e. The number of unbranched alkanes of at least 4 members (excludes halogenated alkanes) is 25. The van der Waals surface area contributed by atoms with Crippen LogP contribution in [-0.2, 0) is 19.1 Å². The summed E-state index contributed by atoms with van der Waals surface area (Å²) in [5.74, 6) is -0.222. The molecule has 5 nitrogen and oxygen atoms in total. The Balaban J connectivity index is 0. The number of carbonyl (C=O) groups excluding carboxylic acids is 2. The Morgan fingerprint density at radius 2 is 0.642 bits per heavy atom. The lowest BCUT2D eigenvalue weighted by atomic mass is 9.82. The van der Waals surface area contributed by atoms with Gasteiger partial charge in [0.1, 0.15) is 13.2 Å². The van der Waals surface area contributed by atoms with Gasteiger partial charge in [-0.2, -0.15) is 0 Å². The van der Waals surface area contributed by atoms with Gasteiger partial charge < -0.3 is 26.4 Å². The minimum atomic E-state index is -0.393. The van der Waals surface area contributed by atoms with E-state index in [0.29, 0.717) is 26.1 Å². The first kappa shape index (κ1) is 66.7. The van der Waals surface area contributed by atoms with Crippen molar-refractivity contribution >= 4 is 11.9 Å². The van der Waals surface area contributed by atoms with Crippen molar-refractivity contribution in [3.63, 3.8) is 0 Å². The van der Waals surface area contributed by atoms with Gasteiger partial charge in [-0.15, -0.1) is 0 Å². The van der Waals surface area contributed by atoms with Gasteiger partial charge >= 0.3 is 11.9 Å². The normalized spacial score (nSPS) is 12.6. The molecule has 0 N–H and O–H groups in total. The number of carbonyl (C=O) groups is 2. The molecule has 0 saturated carbocycles. The predicted octanol–water partition coefficient (Wildman–Crippen LogP) is 15.6. The highest BCUT2D eigenvalue weighted by molar-refractivity contribution is 5.69. The molecule has 390 valence electrons. The van der Waals surface area contributed by atoms with Crippen molar-refractivity contribution in [3.8, 4) is 0 Å². The van der Waals surface area contributed by atoms with Crippen LogP contribution in [0.15, 0.2) is 72.9 Å². The molecule has 0 amide bonds. The Morgan fingerprint density at radius 1 is 0.373 bits per heavy atom. The number of nitrogens with zero attached hydrogens (tertiary/aromatic N) is 1. The van der Waals surface area contributed by atoms with Crippen LogP contribution in [0.1, 0.15) is 258 Å². The lowest BCUT2D eigenvalue weighted by molar-refractivity contribution is -0.877. The van der Waals surface area contributed by atoms with Crippen LogP contribution >= 0.6 is 0 Å².